The number of rotatable bonds is 3. The van der Waals surface area contributed by atoms with Crippen molar-refractivity contribution in [1.82, 2.24) is 4.90 Å². The Morgan fingerprint density at radius 2 is 1.79 bits per heavy atom. The van der Waals surface area contributed by atoms with E-state index in [1.165, 1.54) is 37.7 Å². The SMILES string of the molecule is C#CCC1CC2CCCC(C1)N2Cc1ccccc1. The van der Waals surface area contributed by atoms with Gasteiger partial charge < -0.3 is 0 Å². The number of terminal acetylenes is 1. The van der Waals surface area contributed by atoms with Crippen molar-refractivity contribution in [1.29, 1.82) is 0 Å². The lowest BCUT2D eigenvalue weighted by atomic mass is 9.77. The highest BCUT2D eigenvalue weighted by Gasteiger charge is 2.37. The van der Waals surface area contributed by atoms with Crippen LogP contribution in [0.4, 0.5) is 0 Å². The van der Waals surface area contributed by atoms with Crippen LogP contribution in [0.15, 0.2) is 30.3 Å². The van der Waals surface area contributed by atoms with E-state index in [1.807, 2.05) is 0 Å². The minimum Gasteiger partial charge on any atom is -0.293 e. The van der Waals surface area contributed by atoms with E-state index in [0.29, 0.717) is 0 Å². The third-order valence-corrected chi connectivity index (χ3v) is 4.84. The summed E-state index contributed by atoms with van der Waals surface area (Å²) in [6.07, 6.45) is 13.2. The van der Waals surface area contributed by atoms with Crippen LogP contribution in [0.2, 0.25) is 0 Å². The molecule has 0 aliphatic carbocycles. The van der Waals surface area contributed by atoms with Gasteiger partial charge in [0.05, 0.1) is 0 Å². The molecule has 2 unspecified atom stereocenters. The number of fused-ring (bicyclic) bond motifs is 2. The summed E-state index contributed by atoms with van der Waals surface area (Å²) in [5.41, 5.74) is 1.45. The smallest absolute Gasteiger partial charge is 0.0239 e. The summed E-state index contributed by atoms with van der Waals surface area (Å²) in [5.74, 6) is 3.64. The molecular formula is C18H23N. The molecule has 2 fully saturated rings. The Labute approximate surface area is 117 Å². The molecule has 19 heavy (non-hydrogen) atoms. The van der Waals surface area contributed by atoms with E-state index in [9.17, 15) is 0 Å². The molecule has 1 aromatic rings. The fourth-order valence-electron chi connectivity index (χ4n) is 3.98. The molecule has 1 nitrogen and oxygen atoms in total. The third kappa shape index (κ3) is 2.85. The zero-order chi connectivity index (χ0) is 13.1. The number of benzene rings is 1. The first-order valence-corrected chi connectivity index (χ1v) is 7.60. The minimum atomic E-state index is 0.769. The first-order valence-electron chi connectivity index (χ1n) is 7.60. The Morgan fingerprint density at radius 3 is 2.42 bits per heavy atom. The van der Waals surface area contributed by atoms with E-state index in [0.717, 1.165) is 31.0 Å². The van der Waals surface area contributed by atoms with Gasteiger partial charge in [-0.25, -0.2) is 0 Å². The van der Waals surface area contributed by atoms with Crippen LogP contribution in [-0.4, -0.2) is 17.0 Å². The van der Waals surface area contributed by atoms with Gasteiger partial charge in [-0.05, 0) is 37.2 Å². The van der Waals surface area contributed by atoms with Crippen molar-refractivity contribution in [3.05, 3.63) is 35.9 Å². The molecule has 2 aliphatic heterocycles. The molecule has 2 bridgehead atoms. The second-order valence-electron chi connectivity index (χ2n) is 6.14. The Hall–Kier alpha value is -1.26. The van der Waals surface area contributed by atoms with E-state index < -0.39 is 0 Å². The van der Waals surface area contributed by atoms with Crippen molar-refractivity contribution in [2.75, 3.05) is 0 Å². The number of hydrogen-bond donors (Lipinski definition) is 0. The molecule has 0 spiro atoms. The Balaban J connectivity index is 1.71. The lowest BCUT2D eigenvalue weighted by molar-refractivity contribution is 0.00801. The minimum absolute atomic E-state index is 0.769. The van der Waals surface area contributed by atoms with Crippen LogP contribution in [0.3, 0.4) is 0 Å². The molecule has 0 amide bonds. The van der Waals surface area contributed by atoms with Crippen molar-refractivity contribution in [3.63, 3.8) is 0 Å². The second kappa shape index (κ2) is 5.80. The maximum Gasteiger partial charge on any atom is 0.0239 e. The van der Waals surface area contributed by atoms with Crippen LogP contribution in [-0.2, 0) is 6.54 Å². The maximum absolute atomic E-state index is 5.50. The fourth-order valence-corrected chi connectivity index (χ4v) is 3.98. The first-order chi connectivity index (χ1) is 9.36. The molecule has 2 aliphatic rings. The standard InChI is InChI=1S/C18H23N/c1-2-7-16-12-17-10-6-11-18(13-16)19(17)14-15-8-4-3-5-9-15/h1,3-5,8-9,16-18H,6-7,10-14H2. The highest BCUT2D eigenvalue weighted by Crippen LogP contribution is 2.38. The van der Waals surface area contributed by atoms with Gasteiger partial charge in [-0.3, -0.25) is 4.90 Å². The topological polar surface area (TPSA) is 3.24 Å². The summed E-state index contributed by atoms with van der Waals surface area (Å²) in [4.78, 5) is 2.76. The summed E-state index contributed by atoms with van der Waals surface area (Å²) >= 11 is 0. The molecule has 0 radical (unpaired) electrons. The highest BCUT2D eigenvalue weighted by atomic mass is 15.2. The van der Waals surface area contributed by atoms with Gasteiger partial charge in [0.2, 0.25) is 0 Å². The third-order valence-electron chi connectivity index (χ3n) is 4.84. The summed E-state index contributed by atoms with van der Waals surface area (Å²) in [6, 6.07) is 12.4. The Kier molecular flexibility index (Phi) is 3.89. The van der Waals surface area contributed by atoms with E-state index >= 15 is 0 Å². The van der Waals surface area contributed by atoms with E-state index in [-0.39, 0.29) is 0 Å². The molecule has 2 atom stereocenters. The van der Waals surface area contributed by atoms with Gasteiger partial charge >= 0.3 is 0 Å². The van der Waals surface area contributed by atoms with Crippen LogP contribution in [0.1, 0.15) is 44.1 Å². The molecule has 2 heterocycles. The molecule has 100 valence electrons. The summed E-state index contributed by atoms with van der Waals surface area (Å²) in [6.45, 7) is 1.12. The van der Waals surface area contributed by atoms with Crippen molar-refractivity contribution in [2.45, 2.75) is 57.2 Å². The fraction of sp³-hybridized carbons (Fsp3) is 0.556. The maximum atomic E-state index is 5.50. The van der Waals surface area contributed by atoms with Gasteiger partial charge in [0.1, 0.15) is 0 Å². The van der Waals surface area contributed by atoms with Crippen LogP contribution in [0.5, 0.6) is 0 Å². The van der Waals surface area contributed by atoms with Gasteiger partial charge in [-0.1, -0.05) is 36.8 Å². The van der Waals surface area contributed by atoms with Crippen LogP contribution >= 0.6 is 0 Å². The van der Waals surface area contributed by atoms with Crippen LogP contribution < -0.4 is 0 Å². The molecule has 0 saturated carbocycles. The first kappa shape index (κ1) is 12.8. The van der Waals surface area contributed by atoms with Crippen molar-refractivity contribution in [2.24, 2.45) is 5.92 Å². The highest BCUT2D eigenvalue weighted by molar-refractivity contribution is 5.15. The van der Waals surface area contributed by atoms with Crippen molar-refractivity contribution >= 4 is 0 Å². The molecule has 2 saturated heterocycles. The summed E-state index contributed by atoms with van der Waals surface area (Å²) in [7, 11) is 0. The molecule has 0 aromatic heterocycles. The van der Waals surface area contributed by atoms with E-state index in [4.69, 9.17) is 6.42 Å². The lowest BCUT2D eigenvalue weighted by Crippen LogP contribution is -2.51. The molecule has 3 rings (SSSR count). The van der Waals surface area contributed by atoms with Gasteiger partial charge in [0, 0.05) is 25.0 Å². The number of piperidine rings is 2. The average Bonchev–Trinajstić information content (AvgIpc) is 2.41. The Morgan fingerprint density at radius 1 is 1.11 bits per heavy atom. The predicted molar refractivity (Wildman–Crippen MR) is 79.6 cm³/mol. The van der Waals surface area contributed by atoms with E-state index in [1.54, 1.807) is 0 Å². The largest absolute Gasteiger partial charge is 0.293 e. The predicted octanol–water partition coefficient (Wildman–Crippen LogP) is 3.84. The monoisotopic (exact) mass is 253 g/mol. The summed E-state index contributed by atoms with van der Waals surface area (Å²) < 4.78 is 0. The number of nitrogens with zero attached hydrogens (tertiary/aromatic N) is 1. The van der Waals surface area contributed by atoms with Crippen molar-refractivity contribution in [3.8, 4) is 12.3 Å². The van der Waals surface area contributed by atoms with Crippen molar-refractivity contribution < 1.29 is 0 Å². The quantitative estimate of drug-likeness (QED) is 0.740. The van der Waals surface area contributed by atoms with Gasteiger partial charge in [0.25, 0.3) is 0 Å². The zero-order valence-electron chi connectivity index (χ0n) is 11.6. The Bertz CT molecular complexity index is 431. The zero-order valence-corrected chi connectivity index (χ0v) is 11.6. The normalized spacial score (nSPS) is 30.8. The molecule has 1 aromatic carbocycles. The van der Waals surface area contributed by atoms with Crippen LogP contribution in [0, 0.1) is 18.3 Å². The van der Waals surface area contributed by atoms with E-state index in [2.05, 4.69) is 41.2 Å². The second-order valence-corrected chi connectivity index (χ2v) is 6.14. The number of hydrogen-bond acceptors (Lipinski definition) is 1. The molecule has 0 N–H and O–H groups in total. The lowest BCUT2D eigenvalue weighted by Gasteiger charge is -2.49. The molecule has 1 heteroatoms. The summed E-state index contributed by atoms with van der Waals surface area (Å²) in [5, 5.41) is 0. The van der Waals surface area contributed by atoms with Gasteiger partial charge in [-0.2, -0.15) is 0 Å². The average molecular weight is 253 g/mol. The van der Waals surface area contributed by atoms with Gasteiger partial charge in [-0.15, -0.1) is 12.3 Å². The molecular weight excluding hydrogens is 230 g/mol. The van der Waals surface area contributed by atoms with Crippen LogP contribution in [0.25, 0.3) is 0 Å². The van der Waals surface area contributed by atoms with Gasteiger partial charge in [0.15, 0.2) is 0 Å².